The number of carbonyl (C=O) groups is 1. The van der Waals surface area contributed by atoms with E-state index in [2.05, 4.69) is 5.10 Å². The number of nitrogens with two attached hydrogens (primary N) is 1. The summed E-state index contributed by atoms with van der Waals surface area (Å²) in [5.41, 5.74) is 5.85. The summed E-state index contributed by atoms with van der Waals surface area (Å²) < 4.78 is 29.3. The summed E-state index contributed by atoms with van der Waals surface area (Å²) >= 11 is 0. The van der Waals surface area contributed by atoms with Crippen molar-refractivity contribution in [3.63, 3.8) is 0 Å². The van der Waals surface area contributed by atoms with E-state index in [1.807, 2.05) is 6.92 Å². The molecule has 0 bridgehead atoms. The third-order valence-electron chi connectivity index (χ3n) is 2.41. The first-order valence-electron chi connectivity index (χ1n) is 6.10. The Balaban J connectivity index is 2.71. The molecule has 0 aliphatic rings. The van der Waals surface area contributed by atoms with Gasteiger partial charge in [0.2, 0.25) is 0 Å². The number of carbonyl (C=O) groups excluding carboxylic acids is 1. The van der Waals surface area contributed by atoms with E-state index in [1.54, 1.807) is 6.92 Å². The zero-order chi connectivity index (χ0) is 14.5. The average molecular weight is 289 g/mol. The molecule has 1 aromatic rings. The minimum atomic E-state index is -3.08. The van der Waals surface area contributed by atoms with Gasteiger partial charge in [-0.15, -0.1) is 0 Å². The van der Waals surface area contributed by atoms with Crippen molar-refractivity contribution < 1.29 is 17.9 Å². The Morgan fingerprint density at radius 2 is 2.11 bits per heavy atom. The van der Waals surface area contributed by atoms with Gasteiger partial charge in [-0.05, 0) is 13.3 Å². The van der Waals surface area contributed by atoms with E-state index in [4.69, 9.17) is 10.5 Å². The summed E-state index contributed by atoms with van der Waals surface area (Å²) in [5.74, 6) is -0.478. The van der Waals surface area contributed by atoms with Crippen LogP contribution in [0.3, 0.4) is 0 Å². The number of sulfone groups is 1. The molecule has 0 aromatic carbocycles. The van der Waals surface area contributed by atoms with E-state index in [9.17, 15) is 13.2 Å². The van der Waals surface area contributed by atoms with Crippen LogP contribution in [-0.2, 0) is 21.1 Å². The molecule has 8 heteroatoms. The monoisotopic (exact) mass is 289 g/mol. The summed E-state index contributed by atoms with van der Waals surface area (Å²) in [4.78, 5) is 11.5. The Morgan fingerprint density at radius 1 is 1.42 bits per heavy atom. The van der Waals surface area contributed by atoms with Gasteiger partial charge in [0.15, 0.2) is 15.5 Å². The largest absolute Gasteiger partial charge is 0.461 e. The molecule has 108 valence electrons. The smallest absolute Gasteiger partial charge is 0.361 e. The molecule has 0 saturated carbocycles. The van der Waals surface area contributed by atoms with Gasteiger partial charge in [-0.1, -0.05) is 6.92 Å². The van der Waals surface area contributed by atoms with Gasteiger partial charge in [0.25, 0.3) is 0 Å². The molecule has 0 saturated heterocycles. The number of esters is 1. The molecule has 2 N–H and O–H groups in total. The Labute approximate surface area is 112 Å². The van der Waals surface area contributed by atoms with E-state index >= 15 is 0 Å². The minimum Gasteiger partial charge on any atom is -0.461 e. The first-order valence-corrected chi connectivity index (χ1v) is 7.92. The third kappa shape index (κ3) is 4.55. The fraction of sp³-hybridized carbons (Fsp3) is 0.636. The summed E-state index contributed by atoms with van der Waals surface area (Å²) in [7, 11) is -3.08. The fourth-order valence-corrected chi connectivity index (χ4v) is 2.85. The maximum atomic E-state index is 11.6. The molecule has 0 atom stereocenters. The molecular weight excluding hydrogens is 270 g/mol. The number of aryl methyl sites for hydroxylation is 1. The summed E-state index contributed by atoms with van der Waals surface area (Å²) in [5, 5.41) is 3.94. The molecule has 19 heavy (non-hydrogen) atoms. The zero-order valence-corrected chi connectivity index (χ0v) is 11.9. The highest BCUT2D eigenvalue weighted by atomic mass is 32.2. The van der Waals surface area contributed by atoms with E-state index in [0.29, 0.717) is 6.42 Å². The van der Waals surface area contributed by atoms with E-state index in [0.717, 1.165) is 0 Å². The number of hydrogen-bond donors (Lipinski definition) is 1. The van der Waals surface area contributed by atoms with Crippen molar-refractivity contribution in [2.45, 2.75) is 26.8 Å². The second-order valence-electron chi connectivity index (χ2n) is 4.07. The Hall–Kier alpha value is -1.57. The van der Waals surface area contributed by atoms with E-state index in [-0.39, 0.29) is 36.0 Å². The van der Waals surface area contributed by atoms with Crippen LogP contribution in [-0.4, -0.2) is 42.3 Å². The number of hydrogen-bond acceptors (Lipinski definition) is 6. The lowest BCUT2D eigenvalue weighted by atomic mass is 10.4. The molecule has 0 amide bonds. The topological polar surface area (TPSA) is 104 Å². The third-order valence-corrected chi connectivity index (χ3v) is 4.24. The van der Waals surface area contributed by atoms with Crippen molar-refractivity contribution in [2.75, 3.05) is 23.8 Å². The highest BCUT2D eigenvalue weighted by Crippen LogP contribution is 2.10. The minimum absolute atomic E-state index is 0.0229. The average Bonchev–Trinajstić information content (AvgIpc) is 2.69. The molecule has 0 aliphatic carbocycles. The van der Waals surface area contributed by atoms with Crippen molar-refractivity contribution in [3.8, 4) is 0 Å². The maximum Gasteiger partial charge on any atom is 0.361 e. The summed E-state index contributed by atoms with van der Waals surface area (Å²) in [6, 6.07) is 0. The summed E-state index contributed by atoms with van der Waals surface area (Å²) in [6.07, 6.45) is 2.02. The first-order chi connectivity index (χ1) is 8.89. The molecular formula is C11H19N3O4S. The summed E-state index contributed by atoms with van der Waals surface area (Å²) in [6.45, 7) is 3.90. The van der Waals surface area contributed by atoms with Crippen LogP contribution in [0.5, 0.6) is 0 Å². The quantitative estimate of drug-likeness (QED) is 0.731. The van der Waals surface area contributed by atoms with E-state index < -0.39 is 15.8 Å². The van der Waals surface area contributed by atoms with Crippen molar-refractivity contribution in [2.24, 2.45) is 0 Å². The lowest BCUT2D eigenvalue weighted by Crippen LogP contribution is -2.16. The number of anilines is 1. The van der Waals surface area contributed by atoms with Crippen molar-refractivity contribution >= 4 is 21.5 Å². The molecule has 0 radical (unpaired) electrons. The Bertz CT molecular complexity index is 536. The molecule has 0 unspecified atom stereocenters. The Morgan fingerprint density at radius 3 is 2.68 bits per heavy atom. The number of nitrogen functional groups attached to an aromatic ring is 1. The van der Waals surface area contributed by atoms with Gasteiger partial charge in [-0.25, -0.2) is 13.2 Å². The van der Waals surface area contributed by atoms with Gasteiger partial charge in [0, 0.05) is 11.9 Å². The number of aromatic nitrogens is 2. The molecule has 0 aliphatic heterocycles. The number of rotatable bonds is 7. The lowest BCUT2D eigenvalue weighted by molar-refractivity contribution is 0.0519. The molecule has 1 rings (SSSR count). The maximum absolute atomic E-state index is 11.6. The fourth-order valence-electron chi connectivity index (χ4n) is 1.56. The molecule has 1 heterocycles. The highest BCUT2D eigenvalue weighted by molar-refractivity contribution is 7.91. The highest BCUT2D eigenvalue weighted by Gasteiger charge is 2.17. The molecule has 0 spiro atoms. The first kappa shape index (κ1) is 15.5. The lowest BCUT2D eigenvalue weighted by Gasteiger charge is -2.02. The second kappa shape index (κ2) is 6.55. The molecule has 7 nitrogen and oxygen atoms in total. The van der Waals surface area contributed by atoms with Gasteiger partial charge in [0.05, 0.1) is 24.6 Å². The predicted molar refractivity (Wildman–Crippen MR) is 71.5 cm³/mol. The van der Waals surface area contributed by atoms with Crippen LogP contribution in [0.4, 0.5) is 5.69 Å². The van der Waals surface area contributed by atoms with Gasteiger partial charge in [0.1, 0.15) is 0 Å². The van der Waals surface area contributed by atoms with E-state index in [1.165, 1.54) is 10.9 Å². The Kier molecular flexibility index (Phi) is 5.34. The second-order valence-corrected chi connectivity index (χ2v) is 6.37. The number of nitrogens with zero attached hydrogens (tertiary/aromatic N) is 2. The van der Waals surface area contributed by atoms with Crippen LogP contribution in [0.15, 0.2) is 6.20 Å². The van der Waals surface area contributed by atoms with Crippen molar-refractivity contribution in [1.82, 2.24) is 9.78 Å². The van der Waals surface area contributed by atoms with Crippen molar-refractivity contribution in [1.29, 1.82) is 0 Å². The van der Waals surface area contributed by atoms with Crippen LogP contribution in [0.25, 0.3) is 0 Å². The normalized spacial score (nSPS) is 11.5. The van der Waals surface area contributed by atoms with Crippen LogP contribution in [0.2, 0.25) is 0 Å². The van der Waals surface area contributed by atoms with Gasteiger partial charge >= 0.3 is 5.97 Å². The SMILES string of the molecule is CCCS(=O)(=O)CCn1cc(N)c(C(=O)OCC)n1. The predicted octanol–water partition coefficient (Wildman–Crippen LogP) is 0.467. The van der Waals surface area contributed by atoms with Crippen LogP contribution >= 0.6 is 0 Å². The van der Waals surface area contributed by atoms with Crippen LogP contribution < -0.4 is 5.73 Å². The van der Waals surface area contributed by atoms with Gasteiger partial charge in [-0.2, -0.15) is 5.10 Å². The van der Waals surface area contributed by atoms with Gasteiger partial charge < -0.3 is 10.5 Å². The van der Waals surface area contributed by atoms with Crippen LogP contribution in [0, 0.1) is 0 Å². The standard InChI is InChI=1S/C11H19N3O4S/c1-3-6-19(16,17)7-5-14-8-9(12)10(13-14)11(15)18-4-2/h8H,3-7,12H2,1-2H3. The molecule has 0 fully saturated rings. The zero-order valence-electron chi connectivity index (χ0n) is 11.1. The molecule has 1 aromatic heterocycles. The number of ether oxygens (including phenoxy) is 1. The van der Waals surface area contributed by atoms with Gasteiger partial charge in [-0.3, -0.25) is 4.68 Å². The van der Waals surface area contributed by atoms with Crippen molar-refractivity contribution in [3.05, 3.63) is 11.9 Å². The van der Waals surface area contributed by atoms with Crippen LogP contribution in [0.1, 0.15) is 30.8 Å².